The normalized spacial score (nSPS) is 33.4. The first-order valence-electron chi connectivity index (χ1n) is 8.63. The van der Waals surface area contributed by atoms with Gasteiger partial charge in [-0.25, -0.2) is 15.0 Å². The zero-order valence-electron chi connectivity index (χ0n) is 14.0. The maximum Gasteiger partial charge on any atom is 0.168 e. The maximum absolute atomic E-state index is 10.7. The van der Waals surface area contributed by atoms with Crippen molar-refractivity contribution in [3.8, 4) is 0 Å². The largest absolute Gasteiger partial charge is 0.394 e. The molecule has 4 atom stereocenters. The first-order valence-corrected chi connectivity index (χ1v) is 8.63. The maximum atomic E-state index is 10.7. The Morgan fingerprint density at radius 3 is 2.76 bits per heavy atom. The molecule has 4 N–H and O–H groups in total. The molecule has 4 rings (SSSR count). The van der Waals surface area contributed by atoms with Crippen molar-refractivity contribution in [2.24, 2.45) is 0 Å². The van der Waals surface area contributed by atoms with Gasteiger partial charge in [-0.3, -0.25) is 4.57 Å². The molecule has 136 valence electrons. The smallest absolute Gasteiger partial charge is 0.168 e. The van der Waals surface area contributed by atoms with Gasteiger partial charge in [-0.05, 0) is 19.8 Å². The van der Waals surface area contributed by atoms with Gasteiger partial charge in [0, 0.05) is 6.04 Å². The number of aromatic nitrogens is 4. The predicted octanol–water partition coefficient (Wildman–Crippen LogP) is 0.182. The third-order valence-electron chi connectivity index (χ3n) is 5.24. The predicted molar refractivity (Wildman–Crippen MR) is 88.8 cm³/mol. The van der Waals surface area contributed by atoms with E-state index in [-0.39, 0.29) is 6.61 Å². The Kier molecular flexibility index (Phi) is 4.11. The molecule has 3 heterocycles. The number of hydrogen-bond donors (Lipinski definition) is 4. The van der Waals surface area contributed by atoms with Crippen LogP contribution in [0, 0.1) is 0 Å². The lowest BCUT2D eigenvalue weighted by atomic mass is 9.96. The van der Waals surface area contributed by atoms with Crippen LogP contribution < -0.4 is 5.32 Å². The Morgan fingerprint density at radius 2 is 2.08 bits per heavy atom. The fourth-order valence-corrected chi connectivity index (χ4v) is 3.78. The molecule has 0 aromatic carbocycles. The average molecular weight is 349 g/mol. The molecule has 9 heteroatoms. The highest BCUT2D eigenvalue weighted by Crippen LogP contribution is 2.39. The zero-order valence-corrected chi connectivity index (χ0v) is 14.0. The molecule has 1 saturated heterocycles. The van der Waals surface area contributed by atoms with E-state index in [4.69, 9.17) is 4.74 Å². The number of aliphatic hydroxyl groups excluding tert-OH is 2. The molecule has 1 saturated carbocycles. The van der Waals surface area contributed by atoms with Crippen LogP contribution in [0.4, 0.5) is 5.82 Å². The van der Waals surface area contributed by atoms with Crippen LogP contribution in [0.25, 0.3) is 11.2 Å². The van der Waals surface area contributed by atoms with Gasteiger partial charge in [0.05, 0.1) is 12.9 Å². The van der Waals surface area contributed by atoms with E-state index in [0.29, 0.717) is 23.0 Å². The number of imidazole rings is 1. The number of fused-ring (bicyclic) bond motifs is 1. The molecule has 0 spiro atoms. The minimum atomic E-state index is -1.58. The molecule has 2 fully saturated rings. The molecule has 0 amide bonds. The molecule has 2 aliphatic rings. The van der Waals surface area contributed by atoms with E-state index in [9.17, 15) is 15.3 Å². The average Bonchev–Trinajstić information content (AvgIpc) is 3.29. The topological polar surface area (TPSA) is 126 Å². The molecule has 0 unspecified atom stereocenters. The highest BCUT2D eigenvalue weighted by Gasteiger charge is 2.53. The molecule has 25 heavy (non-hydrogen) atoms. The van der Waals surface area contributed by atoms with Gasteiger partial charge in [-0.15, -0.1) is 0 Å². The van der Waals surface area contributed by atoms with Gasteiger partial charge in [0.1, 0.15) is 24.1 Å². The van der Waals surface area contributed by atoms with Crippen molar-refractivity contribution in [3.63, 3.8) is 0 Å². The van der Waals surface area contributed by atoms with E-state index < -0.39 is 24.0 Å². The van der Waals surface area contributed by atoms with Crippen LogP contribution in [0.2, 0.25) is 0 Å². The van der Waals surface area contributed by atoms with Gasteiger partial charge in [-0.1, -0.05) is 12.8 Å². The van der Waals surface area contributed by atoms with Crippen molar-refractivity contribution in [2.45, 2.75) is 62.7 Å². The van der Waals surface area contributed by atoms with Gasteiger partial charge >= 0.3 is 0 Å². The van der Waals surface area contributed by atoms with Gasteiger partial charge in [0.15, 0.2) is 23.2 Å². The SMILES string of the molecule is C[C@@]1(O)[C@@H](O)[C@@H](CO)O[C@H]1n1cnc2c(NC3CCCC3)ncnc21. The Balaban J connectivity index is 1.69. The number of nitrogens with zero attached hydrogens (tertiary/aromatic N) is 4. The van der Waals surface area contributed by atoms with Crippen LogP contribution in [0.3, 0.4) is 0 Å². The van der Waals surface area contributed by atoms with Crippen molar-refractivity contribution in [2.75, 3.05) is 11.9 Å². The molecule has 2 aromatic heterocycles. The van der Waals surface area contributed by atoms with Crippen LogP contribution in [0.1, 0.15) is 38.8 Å². The number of hydrogen-bond acceptors (Lipinski definition) is 8. The van der Waals surface area contributed by atoms with Crippen LogP contribution in [0.15, 0.2) is 12.7 Å². The number of aliphatic hydroxyl groups is 3. The fraction of sp³-hybridized carbons (Fsp3) is 0.688. The van der Waals surface area contributed by atoms with E-state index in [1.165, 1.54) is 32.4 Å². The molecule has 2 aromatic rings. The number of rotatable bonds is 4. The first kappa shape index (κ1) is 16.6. The summed E-state index contributed by atoms with van der Waals surface area (Å²) in [6, 6.07) is 0.384. The quantitative estimate of drug-likeness (QED) is 0.616. The zero-order chi connectivity index (χ0) is 17.6. The molecular formula is C16H23N5O4. The standard InChI is InChI=1S/C16H23N5O4/c1-16(24)12(23)10(6-22)25-15(16)21-8-19-11-13(17-7-18-14(11)21)20-9-4-2-3-5-9/h7-10,12,15,22-24H,2-6H2,1H3,(H,17,18,20)/t10-,12+,15-,16-/m1/s1. The lowest BCUT2D eigenvalue weighted by Gasteiger charge is -2.27. The first-order chi connectivity index (χ1) is 12.0. The summed E-state index contributed by atoms with van der Waals surface area (Å²) in [7, 11) is 0. The molecular weight excluding hydrogens is 326 g/mol. The third kappa shape index (κ3) is 2.67. The second-order valence-corrected chi connectivity index (χ2v) is 7.05. The molecule has 0 bridgehead atoms. The van der Waals surface area contributed by atoms with Gasteiger partial charge < -0.3 is 25.4 Å². The summed E-state index contributed by atoms with van der Waals surface area (Å²) in [6.07, 6.45) is 4.62. The van der Waals surface area contributed by atoms with Crippen LogP contribution in [-0.2, 0) is 4.74 Å². The lowest BCUT2D eigenvalue weighted by Crippen LogP contribution is -2.44. The summed E-state index contributed by atoms with van der Waals surface area (Å²) < 4.78 is 7.24. The van der Waals surface area contributed by atoms with E-state index in [1.54, 1.807) is 4.57 Å². The van der Waals surface area contributed by atoms with Crippen molar-refractivity contribution >= 4 is 17.0 Å². The van der Waals surface area contributed by atoms with Crippen molar-refractivity contribution in [1.29, 1.82) is 0 Å². The number of ether oxygens (including phenoxy) is 1. The number of nitrogens with one attached hydrogen (secondary N) is 1. The summed E-state index contributed by atoms with van der Waals surface area (Å²) >= 11 is 0. The minimum Gasteiger partial charge on any atom is -0.394 e. The van der Waals surface area contributed by atoms with Crippen molar-refractivity contribution in [3.05, 3.63) is 12.7 Å². The van der Waals surface area contributed by atoms with Gasteiger partial charge in [-0.2, -0.15) is 0 Å². The second-order valence-electron chi connectivity index (χ2n) is 7.05. The Morgan fingerprint density at radius 1 is 1.32 bits per heavy atom. The van der Waals surface area contributed by atoms with Crippen LogP contribution in [-0.4, -0.2) is 65.3 Å². The lowest BCUT2D eigenvalue weighted by molar-refractivity contribution is -0.0950. The van der Waals surface area contributed by atoms with Crippen LogP contribution >= 0.6 is 0 Å². The summed E-state index contributed by atoms with van der Waals surface area (Å²) in [5.74, 6) is 0.660. The Bertz CT molecular complexity index is 758. The monoisotopic (exact) mass is 349 g/mol. The third-order valence-corrected chi connectivity index (χ3v) is 5.24. The Labute approximate surface area is 144 Å². The molecule has 9 nitrogen and oxygen atoms in total. The highest BCUT2D eigenvalue weighted by atomic mass is 16.6. The highest BCUT2D eigenvalue weighted by molar-refractivity contribution is 5.82. The summed E-state index contributed by atoms with van der Waals surface area (Å²) in [5.41, 5.74) is -0.479. The van der Waals surface area contributed by atoms with Gasteiger partial charge in [0.25, 0.3) is 0 Å². The van der Waals surface area contributed by atoms with E-state index >= 15 is 0 Å². The number of anilines is 1. The fourth-order valence-electron chi connectivity index (χ4n) is 3.78. The van der Waals surface area contributed by atoms with Crippen molar-refractivity contribution in [1.82, 2.24) is 19.5 Å². The van der Waals surface area contributed by atoms with E-state index in [2.05, 4.69) is 20.3 Å². The van der Waals surface area contributed by atoms with Crippen LogP contribution in [0.5, 0.6) is 0 Å². The summed E-state index contributed by atoms with van der Waals surface area (Å²) in [5, 5.41) is 33.6. The van der Waals surface area contributed by atoms with Gasteiger partial charge in [0.2, 0.25) is 0 Å². The molecule has 0 radical (unpaired) electrons. The molecule has 1 aliphatic carbocycles. The minimum absolute atomic E-state index is 0.384. The Hall–Kier alpha value is -1.81. The molecule has 1 aliphatic heterocycles. The van der Waals surface area contributed by atoms with Crippen molar-refractivity contribution < 1.29 is 20.1 Å². The summed E-state index contributed by atoms with van der Waals surface area (Å²) in [6.45, 7) is 1.09. The second kappa shape index (κ2) is 6.17. The van der Waals surface area contributed by atoms with E-state index in [0.717, 1.165) is 12.8 Å². The van der Waals surface area contributed by atoms with E-state index in [1.807, 2.05) is 0 Å². The summed E-state index contributed by atoms with van der Waals surface area (Å²) in [4.78, 5) is 13.0.